The Hall–Kier alpha value is -0.0900. The lowest BCUT2D eigenvalue weighted by atomic mass is 10.2. The zero-order chi connectivity index (χ0) is 10.3. The number of hydrogen-bond acceptors (Lipinski definition) is 3. The minimum atomic E-state index is -0.486. The third-order valence-corrected chi connectivity index (χ3v) is 3.47. The highest BCUT2D eigenvalue weighted by molar-refractivity contribution is 7.16. The molecule has 1 aromatic rings. The summed E-state index contributed by atoms with van der Waals surface area (Å²) in [6.45, 7) is 5.88. The Morgan fingerprint density at radius 1 is 1.36 bits per heavy atom. The maximum Gasteiger partial charge on any atom is 0.164 e. The van der Waals surface area contributed by atoms with Gasteiger partial charge in [-0.3, -0.25) is 0 Å². The standard InChI is InChI=1S/C10H13ClO2S/c1-6-9(13-10(2,3)12-6)7-4-5-8(11)14-7/h4-6,9H,1-3H3/t6-,9+/m0/s1. The molecule has 0 bridgehead atoms. The largest absolute Gasteiger partial charge is 0.344 e. The predicted molar refractivity (Wildman–Crippen MR) is 57.8 cm³/mol. The molecule has 0 aliphatic carbocycles. The molecule has 0 amide bonds. The molecule has 2 nitrogen and oxygen atoms in total. The van der Waals surface area contributed by atoms with Crippen LogP contribution in [0.15, 0.2) is 12.1 Å². The van der Waals surface area contributed by atoms with Crippen molar-refractivity contribution in [2.24, 2.45) is 0 Å². The van der Waals surface area contributed by atoms with Crippen LogP contribution in [-0.2, 0) is 9.47 Å². The first-order valence-corrected chi connectivity index (χ1v) is 5.78. The fourth-order valence-electron chi connectivity index (χ4n) is 1.71. The first-order chi connectivity index (χ1) is 6.48. The number of thiophene rings is 1. The van der Waals surface area contributed by atoms with Crippen molar-refractivity contribution in [2.75, 3.05) is 0 Å². The van der Waals surface area contributed by atoms with Gasteiger partial charge in [-0.15, -0.1) is 11.3 Å². The maximum absolute atomic E-state index is 5.88. The second-order valence-electron chi connectivity index (χ2n) is 3.90. The van der Waals surface area contributed by atoms with Crippen LogP contribution in [0.25, 0.3) is 0 Å². The highest BCUT2D eigenvalue weighted by atomic mass is 35.5. The van der Waals surface area contributed by atoms with Gasteiger partial charge in [0.15, 0.2) is 5.79 Å². The molecule has 1 aromatic heterocycles. The Morgan fingerprint density at radius 3 is 2.50 bits per heavy atom. The van der Waals surface area contributed by atoms with Crippen LogP contribution in [0.4, 0.5) is 0 Å². The highest BCUT2D eigenvalue weighted by Crippen LogP contribution is 2.41. The van der Waals surface area contributed by atoms with Crippen molar-refractivity contribution < 1.29 is 9.47 Å². The van der Waals surface area contributed by atoms with Crippen molar-refractivity contribution in [1.29, 1.82) is 0 Å². The molecule has 0 spiro atoms. The summed E-state index contributed by atoms with van der Waals surface area (Å²) >= 11 is 7.43. The van der Waals surface area contributed by atoms with Gasteiger partial charge in [0.25, 0.3) is 0 Å². The molecular formula is C10H13ClO2S. The van der Waals surface area contributed by atoms with Gasteiger partial charge in [0.1, 0.15) is 6.10 Å². The summed E-state index contributed by atoms with van der Waals surface area (Å²) in [6, 6.07) is 3.89. The van der Waals surface area contributed by atoms with Crippen LogP contribution in [0.3, 0.4) is 0 Å². The van der Waals surface area contributed by atoms with E-state index in [1.165, 1.54) is 0 Å². The van der Waals surface area contributed by atoms with Gasteiger partial charge < -0.3 is 9.47 Å². The van der Waals surface area contributed by atoms with Gasteiger partial charge in [-0.25, -0.2) is 0 Å². The summed E-state index contributed by atoms with van der Waals surface area (Å²) < 4.78 is 12.2. The average molecular weight is 233 g/mol. The maximum atomic E-state index is 5.88. The first kappa shape index (κ1) is 10.4. The third-order valence-electron chi connectivity index (χ3n) is 2.18. The SMILES string of the molecule is C[C@@H]1OC(C)(C)O[C@H]1c1ccc(Cl)s1. The Bertz CT molecular complexity index is 335. The van der Waals surface area contributed by atoms with E-state index in [4.69, 9.17) is 21.1 Å². The molecule has 78 valence electrons. The van der Waals surface area contributed by atoms with Crippen LogP contribution in [-0.4, -0.2) is 11.9 Å². The third kappa shape index (κ3) is 1.96. The second-order valence-corrected chi connectivity index (χ2v) is 5.65. The van der Waals surface area contributed by atoms with Crippen molar-refractivity contribution >= 4 is 22.9 Å². The van der Waals surface area contributed by atoms with Crippen molar-refractivity contribution in [3.63, 3.8) is 0 Å². The quantitative estimate of drug-likeness (QED) is 0.737. The molecular weight excluding hydrogens is 220 g/mol. The summed E-state index contributed by atoms with van der Waals surface area (Å²) in [5.41, 5.74) is 0. The lowest BCUT2D eigenvalue weighted by Crippen LogP contribution is -2.20. The minimum absolute atomic E-state index is 0.0162. The summed E-state index contributed by atoms with van der Waals surface area (Å²) in [4.78, 5) is 1.13. The summed E-state index contributed by atoms with van der Waals surface area (Å²) in [6.07, 6.45) is 0.0993. The van der Waals surface area contributed by atoms with Gasteiger partial charge in [0.2, 0.25) is 0 Å². The molecule has 1 saturated heterocycles. The smallest absolute Gasteiger partial charge is 0.164 e. The molecule has 1 aliphatic rings. The Kier molecular flexibility index (Phi) is 2.60. The molecule has 2 atom stereocenters. The van der Waals surface area contributed by atoms with Crippen LogP contribution in [0.1, 0.15) is 31.8 Å². The van der Waals surface area contributed by atoms with E-state index in [1.54, 1.807) is 11.3 Å². The van der Waals surface area contributed by atoms with Crippen LogP contribution >= 0.6 is 22.9 Å². The summed E-state index contributed by atoms with van der Waals surface area (Å²) in [5, 5.41) is 0. The van der Waals surface area contributed by atoms with Crippen LogP contribution in [0.5, 0.6) is 0 Å². The molecule has 1 aliphatic heterocycles. The van der Waals surface area contributed by atoms with E-state index in [-0.39, 0.29) is 12.2 Å². The van der Waals surface area contributed by atoms with Gasteiger partial charge in [-0.1, -0.05) is 11.6 Å². The monoisotopic (exact) mass is 232 g/mol. The molecule has 14 heavy (non-hydrogen) atoms. The van der Waals surface area contributed by atoms with Gasteiger partial charge in [0.05, 0.1) is 10.4 Å². The van der Waals surface area contributed by atoms with E-state index in [0.717, 1.165) is 9.21 Å². The fraction of sp³-hybridized carbons (Fsp3) is 0.600. The van der Waals surface area contributed by atoms with Crippen LogP contribution in [0.2, 0.25) is 4.34 Å². The Morgan fingerprint density at radius 2 is 2.07 bits per heavy atom. The van der Waals surface area contributed by atoms with E-state index in [0.29, 0.717) is 0 Å². The molecule has 0 aromatic carbocycles. The summed E-state index contributed by atoms with van der Waals surface area (Å²) in [5.74, 6) is -0.486. The molecule has 2 heterocycles. The van der Waals surface area contributed by atoms with Crippen molar-refractivity contribution in [3.8, 4) is 0 Å². The number of halogens is 1. The fourth-order valence-corrected chi connectivity index (χ4v) is 2.89. The lowest BCUT2D eigenvalue weighted by molar-refractivity contribution is -0.145. The zero-order valence-corrected chi connectivity index (χ0v) is 9.98. The Labute approximate surface area is 92.8 Å². The molecule has 0 unspecified atom stereocenters. The van der Waals surface area contributed by atoms with Crippen LogP contribution in [0, 0.1) is 0 Å². The Balaban J connectivity index is 2.20. The van der Waals surface area contributed by atoms with Gasteiger partial charge in [-0.05, 0) is 32.9 Å². The van der Waals surface area contributed by atoms with E-state index in [1.807, 2.05) is 32.9 Å². The molecule has 2 rings (SSSR count). The van der Waals surface area contributed by atoms with Gasteiger partial charge in [0, 0.05) is 4.88 Å². The van der Waals surface area contributed by atoms with Crippen molar-refractivity contribution in [2.45, 2.75) is 38.8 Å². The lowest BCUT2D eigenvalue weighted by Gasteiger charge is -2.16. The van der Waals surface area contributed by atoms with E-state index < -0.39 is 5.79 Å². The molecule has 0 radical (unpaired) electrons. The molecule has 0 N–H and O–H groups in total. The van der Waals surface area contributed by atoms with E-state index in [9.17, 15) is 0 Å². The predicted octanol–water partition coefficient (Wildman–Crippen LogP) is 3.61. The van der Waals surface area contributed by atoms with Crippen molar-refractivity contribution in [1.82, 2.24) is 0 Å². The average Bonchev–Trinajstić information content (AvgIpc) is 2.55. The molecule has 4 heteroatoms. The second kappa shape index (κ2) is 3.49. The molecule has 0 saturated carbocycles. The van der Waals surface area contributed by atoms with E-state index in [2.05, 4.69) is 0 Å². The van der Waals surface area contributed by atoms with Gasteiger partial charge in [-0.2, -0.15) is 0 Å². The minimum Gasteiger partial charge on any atom is -0.344 e. The number of hydrogen-bond donors (Lipinski definition) is 0. The van der Waals surface area contributed by atoms with E-state index >= 15 is 0 Å². The van der Waals surface area contributed by atoms with Gasteiger partial charge >= 0.3 is 0 Å². The van der Waals surface area contributed by atoms with Crippen LogP contribution < -0.4 is 0 Å². The number of rotatable bonds is 1. The number of ether oxygens (including phenoxy) is 2. The zero-order valence-electron chi connectivity index (χ0n) is 8.41. The normalized spacial score (nSPS) is 30.9. The highest BCUT2D eigenvalue weighted by Gasteiger charge is 2.40. The first-order valence-electron chi connectivity index (χ1n) is 4.59. The summed E-state index contributed by atoms with van der Waals surface area (Å²) in [7, 11) is 0. The van der Waals surface area contributed by atoms with Crippen molar-refractivity contribution in [3.05, 3.63) is 21.3 Å². The topological polar surface area (TPSA) is 18.5 Å². The molecule has 1 fully saturated rings.